The minimum Gasteiger partial charge on any atom is -0.305 e. The summed E-state index contributed by atoms with van der Waals surface area (Å²) in [6, 6.07) is 110. The first kappa shape index (κ1) is 82.3. The molecule has 5 nitrogen and oxygen atoms in total. The van der Waals surface area contributed by atoms with E-state index in [0.717, 1.165) is 62.7 Å². The molecule has 9 heteroatoms. The summed E-state index contributed by atoms with van der Waals surface area (Å²) in [4.78, 5) is 22.0. The second-order valence-electron chi connectivity index (χ2n) is 25.8. The van der Waals surface area contributed by atoms with Gasteiger partial charge in [0.1, 0.15) is 0 Å². The Bertz CT molecular complexity index is 4690. The molecule has 0 aliphatic rings. The normalized spacial score (nSPS) is 10.4. The Morgan fingerprint density at radius 3 is 1.05 bits per heavy atom. The van der Waals surface area contributed by atoms with Crippen LogP contribution >= 0.6 is 0 Å². The summed E-state index contributed by atoms with van der Waals surface area (Å²) in [5.41, 5.74) is 27.9. The topological polar surface area (TPSA) is 64.5 Å². The molecule has 4 radical (unpaired) electrons. The van der Waals surface area contributed by atoms with Crippen LogP contribution in [0.1, 0.15) is 101 Å². The first-order valence-corrected chi connectivity index (χ1v) is 33.7. The van der Waals surface area contributed by atoms with Gasteiger partial charge in [0.25, 0.3) is 0 Å². The van der Waals surface area contributed by atoms with Gasteiger partial charge in [-0.2, -0.15) is 0 Å². The molecular formula is C93H84Ir4N5-5. The molecule has 0 fully saturated rings. The molecule has 522 valence electrons. The summed E-state index contributed by atoms with van der Waals surface area (Å²) in [6.45, 7) is 22.1. The van der Waals surface area contributed by atoms with Crippen LogP contribution in [0.4, 0.5) is 0 Å². The van der Waals surface area contributed by atoms with Gasteiger partial charge in [0.15, 0.2) is 0 Å². The van der Waals surface area contributed by atoms with Crippen LogP contribution in [-0.2, 0) is 92.3 Å². The third-order valence-electron chi connectivity index (χ3n) is 16.6. The Labute approximate surface area is 660 Å². The molecule has 14 aromatic rings. The fourth-order valence-electron chi connectivity index (χ4n) is 11.1. The number of hydrogen-bond acceptors (Lipinski definition) is 5. The van der Waals surface area contributed by atoms with E-state index in [1.54, 1.807) is 6.20 Å². The number of aryl methyl sites for hydroxylation is 3. The Balaban J connectivity index is 0.000000201. The molecular weight excluding hydrogens is 1960 g/mol. The Morgan fingerprint density at radius 2 is 0.657 bits per heavy atom. The fourth-order valence-corrected chi connectivity index (χ4v) is 11.1. The summed E-state index contributed by atoms with van der Waals surface area (Å²) in [5.74, 6) is 1.04. The maximum atomic E-state index is 4.53. The molecule has 5 heterocycles. The van der Waals surface area contributed by atoms with Gasteiger partial charge >= 0.3 is 0 Å². The standard InChI is InChI=1S/C23H24N.C21H20N.2C19H16N.C11H8N.4Ir/c1-16(2)20-13-21(17(3)4)15-22(14-20)18-8-7-9-19(12-18)23-10-5-6-11-24-23;1-21(2,3)19-12-13-22-20(15-19)18-11-7-10-17(14-18)16-8-5-4-6-9-16;1-14-10-15(2)12-18(11-14)16-6-5-7-17(13-16)19-8-3-4-9-20-19;1-2-15-11-12-20-19(13-15)18-10-6-9-17(14-18)16-7-4-3-5-8-16;1-2-6-10(7-3-1)11-8-4-5-9-12-11;;;;/h5-8,10-17H,1-4H3;4-10,12-15H,1-3H3;3-6,8-13H,1-2H3;3-9,11-14H,2H2,1H3;1-6,8-9H;;;;/q5*-1;;;;. The van der Waals surface area contributed by atoms with Crippen LogP contribution in [0.5, 0.6) is 0 Å². The van der Waals surface area contributed by atoms with Gasteiger partial charge in [-0.3, -0.25) is 0 Å². The van der Waals surface area contributed by atoms with E-state index in [0.29, 0.717) is 11.8 Å². The number of pyridine rings is 5. The first-order valence-electron chi connectivity index (χ1n) is 33.7. The summed E-state index contributed by atoms with van der Waals surface area (Å²) in [7, 11) is 0. The van der Waals surface area contributed by atoms with Crippen molar-refractivity contribution in [2.45, 2.75) is 92.9 Å². The van der Waals surface area contributed by atoms with Crippen molar-refractivity contribution in [2.24, 2.45) is 0 Å². The van der Waals surface area contributed by atoms with Crippen molar-refractivity contribution in [1.29, 1.82) is 0 Å². The molecule has 0 atom stereocenters. The van der Waals surface area contributed by atoms with Crippen molar-refractivity contribution in [3.8, 4) is 101 Å². The second-order valence-corrected chi connectivity index (χ2v) is 25.8. The van der Waals surface area contributed by atoms with Gasteiger partial charge in [-0.05, 0) is 135 Å². The Morgan fingerprint density at radius 1 is 0.294 bits per heavy atom. The average Bonchev–Trinajstić information content (AvgIpc) is 0.831. The van der Waals surface area contributed by atoms with Crippen molar-refractivity contribution in [3.63, 3.8) is 0 Å². The van der Waals surface area contributed by atoms with Crippen molar-refractivity contribution in [3.05, 3.63) is 368 Å². The third kappa shape index (κ3) is 24.2. The fraction of sp³-hybridized carbons (Fsp3) is 0.151. The smallest absolute Gasteiger partial charge is 0.0163 e. The van der Waals surface area contributed by atoms with E-state index >= 15 is 0 Å². The Hall–Kier alpha value is -8.67. The minimum atomic E-state index is 0. The number of rotatable bonds is 12. The van der Waals surface area contributed by atoms with Gasteiger partial charge in [-0.1, -0.05) is 218 Å². The summed E-state index contributed by atoms with van der Waals surface area (Å²) in [5, 5.41) is 0. The maximum Gasteiger partial charge on any atom is 0.0163 e. The molecule has 0 saturated heterocycles. The number of benzene rings is 9. The van der Waals surface area contributed by atoms with E-state index in [9.17, 15) is 0 Å². The molecule has 14 rings (SSSR count). The monoisotopic (exact) mass is 2040 g/mol. The molecule has 0 saturated carbocycles. The van der Waals surface area contributed by atoms with E-state index in [1.807, 2.05) is 140 Å². The van der Waals surface area contributed by atoms with E-state index in [2.05, 4.69) is 282 Å². The molecule has 0 aliphatic carbocycles. The molecule has 0 aliphatic heterocycles. The van der Waals surface area contributed by atoms with Crippen LogP contribution < -0.4 is 0 Å². The largest absolute Gasteiger partial charge is 0.305 e. The molecule has 0 unspecified atom stereocenters. The second kappa shape index (κ2) is 41.4. The van der Waals surface area contributed by atoms with E-state index in [-0.39, 0.29) is 85.8 Å². The Kier molecular flexibility index (Phi) is 33.4. The molecule has 102 heavy (non-hydrogen) atoms. The van der Waals surface area contributed by atoms with Crippen molar-refractivity contribution >= 4 is 0 Å². The predicted octanol–water partition coefficient (Wildman–Crippen LogP) is 24.1. The minimum absolute atomic E-state index is 0. The molecule has 5 aromatic heterocycles. The van der Waals surface area contributed by atoms with Gasteiger partial charge in [0.2, 0.25) is 0 Å². The summed E-state index contributed by atoms with van der Waals surface area (Å²) in [6.07, 6.45) is 10.2. The van der Waals surface area contributed by atoms with Crippen LogP contribution in [0.3, 0.4) is 0 Å². The van der Waals surface area contributed by atoms with E-state index < -0.39 is 0 Å². The molecule has 0 N–H and O–H groups in total. The van der Waals surface area contributed by atoms with Crippen molar-refractivity contribution < 1.29 is 80.4 Å². The maximum absolute atomic E-state index is 4.53. The zero-order valence-electron chi connectivity index (χ0n) is 59.3. The zero-order valence-corrected chi connectivity index (χ0v) is 68.9. The first-order chi connectivity index (χ1) is 47.6. The number of hydrogen-bond donors (Lipinski definition) is 0. The zero-order chi connectivity index (χ0) is 68.6. The molecule has 0 spiro atoms. The molecule has 0 amide bonds. The van der Waals surface area contributed by atoms with Crippen LogP contribution in [0, 0.1) is 44.2 Å². The van der Waals surface area contributed by atoms with Crippen molar-refractivity contribution in [1.82, 2.24) is 24.9 Å². The van der Waals surface area contributed by atoms with Crippen LogP contribution in [-0.4, -0.2) is 24.9 Å². The van der Waals surface area contributed by atoms with Crippen LogP contribution in [0.25, 0.3) is 101 Å². The van der Waals surface area contributed by atoms with Gasteiger partial charge in [-0.15, -0.1) is 177 Å². The third-order valence-corrected chi connectivity index (χ3v) is 16.6. The van der Waals surface area contributed by atoms with Gasteiger partial charge in [0, 0.05) is 111 Å². The summed E-state index contributed by atoms with van der Waals surface area (Å²) >= 11 is 0. The van der Waals surface area contributed by atoms with E-state index in [4.69, 9.17) is 0 Å². The van der Waals surface area contributed by atoms with Gasteiger partial charge in [-0.25, -0.2) is 0 Å². The predicted molar refractivity (Wildman–Crippen MR) is 410 cm³/mol. The van der Waals surface area contributed by atoms with Gasteiger partial charge < -0.3 is 24.9 Å². The van der Waals surface area contributed by atoms with Crippen LogP contribution in [0.15, 0.2) is 304 Å². The summed E-state index contributed by atoms with van der Waals surface area (Å²) < 4.78 is 0. The number of aromatic nitrogens is 5. The van der Waals surface area contributed by atoms with Gasteiger partial charge in [0.05, 0.1) is 0 Å². The average molecular weight is 2040 g/mol. The van der Waals surface area contributed by atoms with E-state index in [1.165, 1.54) is 77.9 Å². The quantitative estimate of drug-likeness (QED) is 0.114. The van der Waals surface area contributed by atoms with Crippen molar-refractivity contribution in [2.75, 3.05) is 0 Å². The molecule has 9 aromatic carbocycles. The number of nitrogens with zero attached hydrogens (tertiary/aromatic N) is 5. The van der Waals surface area contributed by atoms with Crippen LogP contribution in [0.2, 0.25) is 0 Å². The molecule has 0 bridgehead atoms. The SMILES string of the molecule is CC(C)(C)c1ccnc(-c2[c-]ccc(-c3ccccc3)c2)c1.CC(C)c1cc(-c2cc[c-]c(-c3ccccn3)c2)cc(C(C)C)c1.CCc1ccnc(-c2[c-]ccc(-c3ccccc3)c2)c1.Cc1cc(C)cc(-c2cc[c-]c(-c3ccccn3)c2)c1.[Ir].[Ir].[Ir].[Ir].[c-]1ccccc1-c1ccccn1.